The summed E-state index contributed by atoms with van der Waals surface area (Å²) in [6, 6.07) is 2.40. The molecule has 0 saturated carbocycles. The van der Waals surface area contributed by atoms with Crippen LogP contribution < -0.4 is 15.5 Å². The number of aromatic nitrogens is 4. The van der Waals surface area contributed by atoms with Crippen molar-refractivity contribution in [1.29, 1.82) is 0 Å². The second-order valence-corrected chi connectivity index (χ2v) is 6.52. The van der Waals surface area contributed by atoms with Crippen LogP contribution in [0.2, 0.25) is 5.02 Å². The Balaban J connectivity index is 1.69. The minimum Gasteiger partial charge on any atom is -0.382 e. The highest BCUT2D eigenvalue weighted by Crippen LogP contribution is 2.30. The molecule has 0 unspecified atom stereocenters. The smallest absolute Gasteiger partial charge is 0.153 e. The van der Waals surface area contributed by atoms with Crippen molar-refractivity contribution < 1.29 is 0 Å². The molecule has 0 bridgehead atoms. The summed E-state index contributed by atoms with van der Waals surface area (Å²) in [6.07, 6.45) is 3.45. The quantitative estimate of drug-likeness (QED) is 0.911. The highest BCUT2D eigenvalue weighted by molar-refractivity contribution is 6.35. The summed E-state index contributed by atoms with van der Waals surface area (Å²) in [5.74, 6) is 2.83. The summed E-state index contributed by atoms with van der Waals surface area (Å²) in [4.78, 5) is 21.5. The monoisotopic (exact) mass is 347 g/mol. The molecule has 8 heteroatoms. The van der Waals surface area contributed by atoms with Crippen molar-refractivity contribution in [2.45, 2.75) is 32.7 Å². The van der Waals surface area contributed by atoms with Crippen LogP contribution in [0.3, 0.4) is 0 Å². The van der Waals surface area contributed by atoms with Crippen LogP contribution in [0.25, 0.3) is 0 Å². The summed E-state index contributed by atoms with van der Waals surface area (Å²) in [5, 5.41) is 0.421. The van der Waals surface area contributed by atoms with Crippen molar-refractivity contribution >= 4 is 29.1 Å². The van der Waals surface area contributed by atoms with Gasteiger partial charge in [-0.05, 0) is 26.7 Å². The molecule has 2 aromatic heterocycles. The number of rotatable bonds is 3. The fraction of sp³-hybridized carbons (Fsp3) is 0.500. The highest BCUT2D eigenvalue weighted by Gasteiger charge is 2.26. The number of aryl methyl sites for hydroxylation is 2. The van der Waals surface area contributed by atoms with Gasteiger partial charge in [-0.1, -0.05) is 11.6 Å². The molecule has 1 aliphatic heterocycles. The molecule has 128 valence electrons. The molecule has 2 aromatic rings. The molecule has 3 heterocycles. The number of hydrogen-bond acceptors (Lipinski definition) is 7. The summed E-state index contributed by atoms with van der Waals surface area (Å²) < 4.78 is 0. The van der Waals surface area contributed by atoms with E-state index in [0.717, 1.165) is 43.3 Å². The highest BCUT2D eigenvalue weighted by atomic mass is 35.5. The number of halogens is 1. The van der Waals surface area contributed by atoms with Gasteiger partial charge in [0, 0.05) is 37.9 Å². The fourth-order valence-electron chi connectivity index (χ4n) is 3.13. The molecule has 0 spiro atoms. The average Bonchev–Trinajstić information content (AvgIpc) is 2.56. The summed E-state index contributed by atoms with van der Waals surface area (Å²) in [6.45, 7) is 5.80. The van der Waals surface area contributed by atoms with Crippen LogP contribution in [0.4, 0.5) is 17.5 Å². The number of piperidine rings is 1. The van der Waals surface area contributed by atoms with Gasteiger partial charge >= 0.3 is 0 Å². The maximum absolute atomic E-state index is 6.25. The third-order valence-corrected chi connectivity index (χ3v) is 4.78. The van der Waals surface area contributed by atoms with E-state index in [1.54, 1.807) is 0 Å². The Bertz CT molecular complexity index is 708. The zero-order chi connectivity index (χ0) is 17.3. The van der Waals surface area contributed by atoms with Gasteiger partial charge in [-0.15, -0.1) is 0 Å². The van der Waals surface area contributed by atoms with Crippen LogP contribution in [-0.2, 0) is 0 Å². The lowest BCUT2D eigenvalue weighted by Gasteiger charge is -2.38. The zero-order valence-electron chi connectivity index (χ0n) is 14.2. The van der Waals surface area contributed by atoms with Crippen LogP contribution in [0.15, 0.2) is 12.4 Å². The van der Waals surface area contributed by atoms with E-state index in [9.17, 15) is 0 Å². The number of nitrogen functional groups attached to an aromatic ring is 1. The van der Waals surface area contributed by atoms with Gasteiger partial charge in [0.2, 0.25) is 0 Å². The minimum absolute atomic E-state index is 0.317. The van der Waals surface area contributed by atoms with E-state index in [4.69, 9.17) is 17.3 Å². The molecule has 0 aromatic carbocycles. The van der Waals surface area contributed by atoms with E-state index in [1.807, 2.05) is 27.0 Å². The van der Waals surface area contributed by atoms with Crippen molar-refractivity contribution in [3.63, 3.8) is 0 Å². The van der Waals surface area contributed by atoms with Crippen molar-refractivity contribution in [2.24, 2.45) is 0 Å². The topological polar surface area (TPSA) is 84.1 Å². The van der Waals surface area contributed by atoms with E-state index in [1.165, 1.54) is 6.33 Å². The zero-order valence-corrected chi connectivity index (χ0v) is 15.0. The summed E-state index contributed by atoms with van der Waals surface area (Å²) in [7, 11) is 2.01. The average molecular weight is 348 g/mol. The molecule has 24 heavy (non-hydrogen) atoms. The lowest BCUT2D eigenvalue weighted by molar-refractivity contribution is 0.477. The van der Waals surface area contributed by atoms with E-state index >= 15 is 0 Å². The second-order valence-electron chi connectivity index (χ2n) is 6.14. The third-order valence-electron chi connectivity index (χ3n) is 4.42. The molecule has 1 saturated heterocycles. The van der Waals surface area contributed by atoms with E-state index in [0.29, 0.717) is 22.7 Å². The molecule has 1 fully saturated rings. The van der Waals surface area contributed by atoms with Crippen LogP contribution in [0.5, 0.6) is 0 Å². The van der Waals surface area contributed by atoms with Gasteiger partial charge in [0.25, 0.3) is 0 Å². The molecule has 1 aliphatic rings. The molecule has 0 amide bonds. The van der Waals surface area contributed by atoms with Gasteiger partial charge < -0.3 is 15.5 Å². The number of hydrogen-bond donors (Lipinski definition) is 1. The Morgan fingerprint density at radius 3 is 2.58 bits per heavy atom. The van der Waals surface area contributed by atoms with Gasteiger partial charge in [0.15, 0.2) is 5.82 Å². The normalized spacial score (nSPS) is 15.6. The number of nitrogens with zero attached hydrogens (tertiary/aromatic N) is 6. The SMILES string of the molecule is Cc1cc(N2CCC(N(C)c3ncnc(N)c3Cl)CC2)nc(C)n1. The van der Waals surface area contributed by atoms with Gasteiger partial charge in [0.05, 0.1) is 0 Å². The number of anilines is 3. The standard InChI is InChI=1S/C16H22ClN7/c1-10-8-13(22-11(2)21-10)24-6-4-12(5-7-24)23(3)16-14(17)15(18)19-9-20-16/h8-9,12H,4-7H2,1-3H3,(H2,18,19,20). The Hall–Kier alpha value is -2.15. The minimum atomic E-state index is 0.317. The van der Waals surface area contributed by atoms with Crippen molar-refractivity contribution in [1.82, 2.24) is 19.9 Å². The Labute approximate surface area is 146 Å². The first-order chi connectivity index (χ1) is 11.5. The van der Waals surface area contributed by atoms with Crippen molar-refractivity contribution in [3.05, 3.63) is 28.9 Å². The lowest BCUT2D eigenvalue weighted by atomic mass is 10.0. The largest absolute Gasteiger partial charge is 0.382 e. The first-order valence-electron chi connectivity index (χ1n) is 8.01. The molecule has 0 radical (unpaired) electrons. The van der Waals surface area contributed by atoms with Crippen molar-refractivity contribution in [3.8, 4) is 0 Å². The van der Waals surface area contributed by atoms with Gasteiger partial charge in [0.1, 0.15) is 28.8 Å². The van der Waals surface area contributed by atoms with Crippen LogP contribution >= 0.6 is 11.6 Å². The van der Waals surface area contributed by atoms with Crippen LogP contribution in [0.1, 0.15) is 24.4 Å². The van der Waals surface area contributed by atoms with Gasteiger partial charge in [-0.3, -0.25) is 0 Å². The summed E-state index contributed by atoms with van der Waals surface area (Å²) in [5.41, 5.74) is 6.78. The van der Waals surface area contributed by atoms with Gasteiger partial charge in [-0.2, -0.15) is 0 Å². The maximum atomic E-state index is 6.25. The second kappa shape index (κ2) is 6.76. The Morgan fingerprint density at radius 2 is 1.92 bits per heavy atom. The summed E-state index contributed by atoms with van der Waals surface area (Å²) >= 11 is 6.25. The predicted molar refractivity (Wildman–Crippen MR) is 96.6 cm³/mol. The van der Waals surface area contributed by atoms with Crippen LogP contribution in [0, 0.1) is 13.8 Å². The molecule has 7 nitrogen and oxygen atoms in total. The first-order valence-corrected chi connectivity index (χ1v) is 8.39. The molecule has 2 N–H and O–H groups in total. The van der Waals surface area contributed by atoms with E-state index in [2.05, 4.69) is 29.7 Å². The fourth-order valence-corrected chi connectivity index (χ4v) is 3.37. The predicted octanol–water partition coefficient (Wildman–Crippen LogP) is 2.22. The number of nitrogens with two attached hydrogens (primary N) is 1. The van der Waals surface area contributed by atoms with Crippen LogP contribution in [-0.4, -0.2) is 46.1 Å². The molecular weight excluding hydrogens is 326 g/mol. The van der Waals surface area contributed by atoms with E-state index < -0.39 is 0 Å². The molecule has 0 atom stereocenters. The van der Waals surface area contributed by atoms with Gasteiger partial charge in [-0.25, -0.2) is 19.9 Å². The van der Waals surface area contributed by atoms with E-state index in [-0.39, 0.29) is 0 Å². The Kier molecular flexibility index (Phi) is 4.71. The molecular formula is C16H22ClN7. The Morgan fingerprint density at radius 1 is 1.21 bits per heavy atom. The maximum Gasteiger partial charge on any atom is 0.153 e. The van der Waals surface area contributed by atoms with Crippen molar-refractivity contribution in [2.75, 3.05) is 35.7 Å². The lowest BCUT2D eigenvalue weighted by Crippen LogP contribution is -2.44. The first kappa shape index (κ1) is 16.7. The molecule has 3 rings (SSSR count). The third kappa shape index (κ3) is 3.36. The molecule has 0 aliphatic carbocycles.